The highest BCUT2D eigenvalue weighted by atomic mass is 35.5. The fourth-order valence-electron chi connectivity index (χ4n) is 1.63. The molecule has 0 aromatic rings. The summed E-state index contributed by atoms with van der Waals surface area (Å²) in [5.41, 5.74) is 0.353. The van der Waals surface area contributed by atoms with Crippen LogP contribution < -0.4 is 0 Å². The van der Waals surface area contributed by atoms with E-state index < -0.39 is 9.75 Å². The number of rotatable bonds is 4. The van der Waals surface area contributed by atoms with Crippen LogP contribution in [0.25, 0.3) is 0 Å². The highest BCUT2D eigenvalue weighted by molar-refractivity contribution is 6.53. The summed E-state index contributed by atoms with van der Waals surface area (Å²) in [6.45, 7) is 10.7. The number of alkyl halides is 2. The van der Waals surface area contributed by atoms with Gasteiger partial charge in [-0.25, -0.2) is 0 Å². The normalized spacial score (nSPS) is 27.3. The molecule has 1 aliphatic carbocycles. The third kappa shape index (κ3) is 2.31. The Balaban J connectivity index is 2.71. The van der Waals surface area contributed by atoms with Gasteiger partial charge in [-0.3, -0.25) is 4.79 Å². The van der Waals surface area contributed by atoms with Crippen molar-refractivity contribution >= 4 is 29.1 Å². The van der Waals surface area contributed by atoms with Crippen molar-refractivity contribution in [1.29, 1.82) is 0 Å². The molecule has 4 heteroatoms. The maximum absolute atomic E-state index is 12.1. The summed E-state index contributed by atoms with van der Waals surface area (Å²) in [6, 6.07) is 0. The van der Waals surface area contributed by atoms with Crippen LogP contribution in [0.4, 0.5) is 0 Å². The van der Waals surface area contributed by atoms with Gasteiger partial charge in [0.05, 0.1) is 5.41 Å². The summed E-state index contributed by atoms with van der Waals surface area (Å²) in [7, 11) is 0. The highest BCUT2D eigenvalue weighted by Crippen LogP contribution is 2.64. The van der Waals surface area contributed by atoms with Crippen molar-refractivity contribution in [2.75, 3.05) is 13.1 Å². The first-order chi connectivity index (χ1) is 6.74. The molecular formula is C11H17Cl2NO. The lowest BCUT2D eigenvalue weighted by molar-refractivity contribution is -0.135. The third-order valence-electron chi connectivity index (χ3n) is 2.86. The Kier molecular flexibility index (Phi) is 3.42. The van der Waals surface area contributed by atoms with Gasteiger partial charge >= 0.3 is 0 Å². The number of carbonyl (C=O) groups is 1. The number of carbonyl (C=O) groups excluding carboxylic acids is 1. The predicted molar refractivity (Wildman–Crippen MR) is 64.2 cm³/mol. The maximum Gasteiger partial charge on any atom is 0.231 e. The lowest BCUT2D eigenvalue weighted by atomic mass is 10.1. The molecule has 1 amide bonds. The van der Waals surface area contributed by atoms with Crippen molar-refractivity contribution in [3.8, 4) is 0 Å². The van der Waals surface area contributed by atoms with Crippen LogP contribution >= 0.6 is 23.2 Å². The van der Waals surface area contributed by atoms with E-state index in [1.165, 1.54) is 0 Å². The maximum atomic E-state index is 12.1. The van der Waals surface area contributed by atoms with Crippen LogP contribution in [0.15, 0.2) is 12.2 Å². The minimum Gasteiger partial charge on any atom is -0.338 e. The molecule has 1 aliphatic rings. The molecule has 0 spiro atoms. The van der Waals surface area contributed by atoms with Crippen LogP contribution in [0.3, 0.4) is 0 Å². The van der Waals surface area contributed by atoms with Crippen molar-refractivity contribution in [1.82, 2.24) is 4.90 Å². The molecule has 86 valence electrons. The Morgan fingerprint density at radius 1 is 1.53 bits per heavy atom. The predicted octanol–water partition coefficient (Wildman–Crippen LogP) is 2.99. The average Bonchev–Trinajstić information content (AvgIpc) is 2.62. The second-order valence-electron chi connectivity index (χ2n) is 4.49. The summed E-state index contributed by atoms with van der Waals surface area (Å²) < 4.78 is -0.882. The van der Waals surface area contributed by atoms with E-state index in [1.54, 1.807) is 4.90 Å². The van der Waals surface area contributed by atoms with E-state index in [-0.39, 0.29) is 5.91 Å². The molecule has 1 saturated carbocycles. The van der Waals surface area contributed by atoms with Gasteiger partial charge in [0.2, 0.25) is 5.91 Å². The summed E-state index contributed by atoms with van der Waals surface area (Å²) in [5, 5.41) is 0. The van der Waals surface area contributed by atoms with Crippen molar-refractivity contribution < 1.29 is 4.79 Å². The van der Waals surface area contributed by atoms with Crippen molar-refractivity contribution in [3.05, 3.63) is 12.2 Å². The molecule has 0 heterocycles. The lowest BCUT2D eigenvalue weighted by Gasteiger charge is -2.25. The molecule has 0 aromatic carbocycles. The molecule has 1 rings (SSSR count). The standard InChI is InChI=1S/C11H17Cl2NO/c1-5-14(6-8(2)3)9(15)10(4)7-11(10,12)13/h2,5-7H2,1,3-4H3/t10-/m0/s1. The number of nitrogens with zero attached hydrogens (tertiary/aromatic N) is 1. The van der Waals surface area contributed by atoms with Crippen LogP contribution in [0.2, 0.25) is 0 Å². The quantitative estimate of drug-likeness (QED) is 0.554. The summed E-state index contributed by atoms with van der Waals surface area (Å²) in [5.74, 6) is 0.0259. The molecule has 0 radical (unpaired) electrons. The lowest BCUT2D eigenvalue weighted by Crippen LogP contribution is -2.39. The number of amides is 1. The Morgan fingerprint density at radius 3 is 2.27 bits per heavy atom. The minimum atomic E-state index is -0.882. The first-order valence-electron chi connectivity index (χ1n) is 5.06. The largest absolute Gasteiger partial charge is 0.338 e. The molecule has 1 fully saturated rings. The van der Waals surface area contributed by atoms with E-state index in [0.717, 1.165) is 5.57 Å². The van der Waals surface area contributed by atoms with E-state index in [9.17, 15) is 4.79 Å². The van der Waals surface area contributed by atoms with Crippen LogP contribution in [0.5, 0.6) is 0 Å². The molecule has 0 aliphatic heterocycles. The molecule has 1 atom stereocenters. The molecular weight excluding hydrogens is 233 g/mol. The van der Waals surface area contributed by atoms with Crippen LogP contribution in [0, 0.1) is 5.41 Å². The average molecular weight is 250 g/mol. The molecule has 0 bridgehead atoms. The van der Waals surface area contributed by atoms with Gasteiger partial charge in [0.25, 0.3) is 0 Å². The van der Waals surface area contributed by atoms with Gasteiger partial charge in [0.15, 0.2) is 0 Å². The number of hydrogen-bond acceptors (Lipinski definition) is 1. The van der Waals surface area contributed by atoms with Gasteiger partial charge in [-0.05, 0) is 27.2 Å². The first-order valence-corrected chi connectivity index (χ1v) is 5.82. The molecule has 15 heavy (non-hydrogen) atoms. The number of halogens is 2. The number of likely N-dealkylation sites (N-methyl/N-ethyl adjacent to an activating group) is 1. The van der Waals surface area contributed by atoms with Crippen LogP contribution in [-0.2, 0) is 4.79 Å². The Morgan fingerprint density at radius 2 is 2.00 bits per heavy atom. The van der Waals surface area contributed by atoms with Gasteiger partial charge in [-0.15, -0.1) is 23.2 Å². The SMILES string of the molecule is C=C(C)CN(CC)C(=O)[C@]1(C)CC1(Cl)Cl. The second-order valence-corrected chi connectivity index (χ2v) is 5.97. The molecule has 0 saturated heterocycles. The van der Waals surface area contributed by atoms with Gasteiger partial charge in [-0.2, -0.15) is 0 Å². The monoisotopic (exact) mass is 249 g/mol. The van der Waals surface area contributed by atoms with Gasteiger partial charge < -0.3 is 4.90 Å². The Bertz CT molecular complexity index is 301. The number of hydrogen-bond donors (Lipinski definition) is 0. The van der Waals surface area contributed by atoms with Gasteiger partial charge in [0.1, 0.15) is 4.33 Å². The molecule has 0 aromatic heterocycles. The van der Waals surface area contributed by atoms with E-state index >= 15 is 0 Å². The van der Waals surface area contributed by atoms with E-state index in [1.807, 2.05) is 20.8 Å². The molecule has 0 N–H and O–H groups in total. The zero-order valence-corrected chi connectivity index (χ0v) is 11.0. The first kappa shape index (κ1) is 12.9. The second kappa shape index (κ2) is 3.99. The van der Waals surface area contributed by atoms with E-state index in [2.05, 4.69) is 6.58 Å². The topological polar surface area (TPSA) is 20.3 Å². The fraction of sp³-hybridized carbons (Fsp3) is 0.727. The third-order valence-corrected chi connectivity index (χ3v) is 3.96. The van der Waals surface area contributed by atoms with Crippen molar-refractivity contribution in [3.63, 3.8) is 0 Å². The zero-order valence-electron chi connectivity index (χ0n) is 9.44. The highest BCUT2D eigenvalue weighted by Gasteiger charge is 2.68. The molecule has 2 nitrogen and oxygen atoms in total. The van der Waals surface area contributed by atoms with E-state index in [0.29, 0.717) is 19.5 Å². The van der Waals surface area contributed by atoms with Crippen molar-refractivity contribution in [2.45, 2.75) is 31.5 Å². The molecule has 0 unspecified atom stereocenters. The smallest absolute Gasteiger partial charge is 0.231 e. The summed E-state index contributed by atoms with van der Waals surface area (Å²) in [6.07, 6.45) is 0.536. The van der Waals surface area contributed by atoms with Crippen molar-refractivity contribution in [2.24, 2.45) is 5.41 Å². The van der Waals surface area contributed by atoms with Gasteiger partial charge in [-0.1, -0.05) is 12.2 Å². The summed E-state index contributed by atoms with van der Waals surface area (Å²) >= 11 is 12.0. The van der Waals surface area contributed by atoms with E-state index in [4.69, 9.17) is 23.2 Å². The minimum absolute atomic E-state index is 0.0259. The fourth-order valence-corrected chi connectivity index (χ4v) is 2.33. The van der Waals surface area contributed by atoms with Crippen LogP contribution in [0.1, 0.15) is 27.2 Å². The summed E-state index contributed by atoms with van der Waals surface area (Å²) in [4.78, 5) is 13.9. The van der Waals surface area contributed by atoms with Crippen LogP contribution in [-0.4, -0.2) is 28.2 Å². The zero-order chi connectivity index (χ0) is 11.9. The Hall–Kier alpha value is -0.210. The van der Waals surface area contributed by atoms with Gasteiger partial charge in [0, 0.05) is 13.1 Å². The Labute approximate surface area is 101 Å².